The van der Waals surface area contributed by atoms with E-state index in [0.29, 0.717) is 0 Å². The van der Waals surface area contributed by atoms with Crippen LogP contribution in [0.3, 0.4) is 0 Å². The van der Waals surface area contributed by atoms with Crippen LogP contribution in [-0.4, -0.2) is 9.97 Å². The van der Waals surface area contributed by atoms with Crippen molar-refractivity contribution in [2.45, 2.75) is 6.92 Å². The SMILES string of the molecule is Cc1cnc(C=Cc2ccccc2)cn1. The third-order valence-corrected chi connectivity index (χ3v) is 2.05. The van der Waals surface area contributed by atoms with Crippen molar-refractivity contribution < 1.29 is 0 Å². The fraction of sp³-hybridized carbons (Fsp3) is 0.0769. The molecular weight excluding hydrogens is 184 g/mol. The molecule has 2 aromatic rings. The molecule has 2 rings (SSSR count). The van der Waals surface area contributed by atoms with E-state index in [0.717, 1.165) is 11.4 Å². The van der Waals surface area contributed by atoms with Crippen molar-refractivity contribution in [3.8, 4) is 0 Å². The standard InChI is InChI=1S/C13H12N2/c1-11-9-15-13(10-14-11)8-7-12-5-3-2-4-6-12/h2-10H,1H3. The van der Waals surface area contributed by atoms with E-state index in [9.17, 15) is 0 Å². The second-order valence-electron chi connectivity index (χ2n) is 3.33. The molecule has 0 amide bonds. The molecule has 0 unspecified atom stereocenters. The van der Waals surface area contributed by atoms with Crippen LogP contribution in [0.2, 0.25) is 0 Å². The topological polar surface area (TPSA) is 25.8 Å². The monoisotopic (exact) mass is 196 g/mol. The fourth-order valence-corrected chi connectivity index (χ4v) is 1.23. The van der Waals surface area contributed by atoms with Gasteiger partial charge in [-0.05, 0) is 18.6 Å². The van der Waals surface area contributed by atoms with E-state index >= 15 is 0 Å². The van der Waals surface area contributed by atoms with Gasteiger partial charge in [-0.3, -0.25) is 9.97 Å². The molecule has 0 spiro atoms. The zero-order valence-corrected chi connectivity index (χ0v) is 8.59. The number of hydrogen-bond donors (Lipinski definition) is 0. The number of hydrogen-bond acceptors (Lipinski definition) is 2. The van der Waals surface area contributed by atoms with Gasteiger partial charge in [0.25, 0.3) is 0 Å². The summed E-state index contributed by atoms with van der Waals surface area (Å²) in [6.07, 6.45) is 7.53. The second-order valence-corrected chi connectivity index (χ2v) is 3.33. The van der Waals surface area contributed by atoms with Crippen molar-refractivity contribution in [1.82, 2.24) is 9.97 Å². The van der Waals surface area contributed by atoms with E-state index in [1.54, 1.807) is 12.4 Å². The van der Waals surface area contributed by atoms with Crippen LogP contribution >= 0.6 is 0 Å². The maximum Gasteiger partial charge on any atom is 0.0813 e. The molecule has 2 nitrogen and oxygen atoms in total. The Kier molecular flexibility index (Phi) is 2.88. The highest BCUT2D eigenvalue weighted by molar-refractivity contribution is 5.67. The van der Waals surface area contributed by atoms with E-state index in [2.05, 4.69) is 22.1 Å². The molecule has 2 heteroatoms. The first-order chi connectivity index (χ1) is 7.34. The Bertz CT molecular complexity index is 444. The van der Waals surface area contributed by atoms with Crippen molar-refractivity contribution in [3.63, 3.8) is 0 Å². The molecule has 0 aliphatic carbocycles. The van der Waals surface area contributed by atoms with E-state index in [-0.39, 0.29) is 0 Å². The third kappa shape index (κ3) is 2.74. The Labute approximate surface area is 89.3 Å². The molecule has 0 bridgehead atoms. The summed E-state index contributed by atoms with van der Waals surface area (Å²) in [7, 11) is 0. The van der Waals surface area contributed by atoms with Crippen LogP contribution in [-0.2, 0) is 0 Å². The van der Waals surface area contributed by atoms with Gasteiger partial charge in [0.2, 0.25) is 0 Å². The van der Waals surface area contributed by atoms with Crippen LogP contribution in [0, 0.1) is 6.92 Å². The zero-order valence-electron chi connectivity index (χ0n) is 8.59. The van der Waals surface area contributed by atoms with Crippen LogP contribution in [0.15, 0.2) is 42.7 Å². The molecule has 0 radical (unpaired) electrons. The maximum atomic E-state index is 4.24. The first-order valence-corrected chi connectivity index (χ1v) is 4.86. The molecule has 15 heavy (non-hydrogen) atoms. The van der Waals surface area contributed by atoms with Gasteiger partial charge in [0, 0.05) is 6.20 Å². The fourth-order valence-electron chi connectivity index (χ4n) is 1.23. The lowest BCUT2D eigenvalue weighted by Crippen LogP contribution is -1.85. The summed E-state index contributed by atoms with van der Waals surface area (Å²) >= 11 is 0. The van der Waals surface area contributed by atoms with Gasteiger partial charge < -0.3 is 0 Å². The normalized spacial score (nSPS) is 10.7. The summed E-state index contributed by atoms with van der Waals surface area (Å²) < 4.78 is 0. The zero-order chi connectivity index (χ0) is 10.5. The number of aryl methyl sites for hydroxylation is 1. The van der Waals surface area contributed by atoms with Crippen molar-refractivity contribution in [2.24, 2.45) is 0 Å². The molecule has 0 saturated carbocycles. The Hall–Kier alpha value is -1.96. The van der Waals surface area contributed by atoms with Gasteiger partial charge in [-0.15, -0.1) is 0 Å². The predicted molar refractivity (Wildman–Crippen MR) is 62.1 cm³/mol. The summed E-state index contributed by atoms with van der Waals surface area (Å²) in [6, 6.07) is 10.1. The van der Waals surface area contributed by atoms with Gasteiger partial charge in [-0.1, -0.05) is 36.4 Å². The Morgan fingerprint density at radius 3 is 2.40 bits per heavy atom. The quantitative estimate of drug-likeness (QED) is 0.738. The van der Waals surface area contributed by atoms with Crippen LogP contribution < -0.4 is 0 Å². The lowest BCUT2D eigenvalue weighted by Gasteiger charge is -1.93. The minimum absolute atomic E-state index is 0.879. The Morgan fingerprint density at radius 1 is 0.933 bits per heavy atom. The molecule has 0 atom stereocenters. The molecule has 1 aromatic carbocycles. The Morgan fingerprint density at radius 2 is 1.73 bits per heavy atom. The lowest BCUT2D eigenvalue weighted by atomic mass is 10.2. The Balaban J connectivity index is 2.15. The van der Waals surface area contributed by atoms with E-state index in [1.165, 1.54) is 5.56 Å². The van der Waals surface area contributed by atoms with Crippen molar-refractivity contribution in [1.29, 1.82) is 0 Å². The van der Waals surface area contributed by atoms with Crippen LogP contribution in [0.4, 0.5) is 0 Å². The number of rotatable bonds is 2. The van der Waals surface area contributed by atoms with E-state index in [1.807, 2.05) is 37.3 Å². The molecular formula is C13H12N2. The first kappa shape index (κ1) is 9.59. The molecule has 0 N–H and O–H groups in total. The van der Waals surface area contributed by atoms with Crippen molar-refractivity contribution in [2.75, 3.05) is 0 Å². The smallest absolute Gasteiger partial charge is 0.0813 e. The maximum absolute atomic E-state index is 4.24. The predicted octanol–water partition coefficient (Wildman–Crippen LogP) is 2.96. The van der Waals surface area contributed by atoms with E-state index in [4.69, 9.17) is 0 Å². The minimum Gasteiger partial charge on any atom is -0.258 e. The average molecular weight is 196 g/mol. The van der Waals surface area contributed by atoms with Gasteiger partial charge >= 0.3 is 0 Å². The van der Waals surface area contributed by atoms with Crippen LogP contribution in [0.5, 0.6) is 0 Å². The molecule has 74 valence electrons. The van der Waals surface area contributed by atoms with Gasteiger partial charge in [0.05, 0.1) is 17.6 Å². The molecule has 0 aliphatic rings. The largest absolute Gasteiger partial charge is 0.258 e. The summed E-state index contributed by atoms with van der Waals surface area (Å²) in [6.45, 7) is 1.93. The summed E-state index contributed by atoms with van der Waals surface area (Å²) in [5, 5.41) is 0. The number of aromatic nitrogens is 2. The van der Waals surface area contributed by atoms with Crippen LogP contribution in [0.25, 0.3) is 12.2 Å². The van der Waals surface area contributed by atoms with Crippen LogP contribution in [0.1, 0.15) is 17.0 Å². The summed E-state index contributed by atoms with van der Waals surface area (Å²) in [5.74, 6) is 0. The number of nitrogens with zero attached hydrogens (tertiary/aromatic N) is 2. The lowest BCUT2D eigenvalue weighted by molar-refractivity contribution is 1.10. The second kappa shape index (κ2) is 4.51. The highest BCUT2D eigenvalue weighted by atomic mass is 14.8. The van der Waals surface area contributed by atoms with Crippen molar-refractivity contribution in [3.05, 3.63) is 59.7 Å². The highest BCUT2D eigenvalue weighted by Crippen LogP contribution is 2.05. The van der Waals surface area contributed by atoms with Crippen molar-refractivity contribution >= 4 is 12.2 Å². The minimum atomic E-state index is 0.879. The summed E-state index contributed by atoms with van der Waals surface area (Å²) in [4.78, 5) is 8.42. The average Bonchev–Trinajstić information content (AvgIpc) is 2.30. The van der Waals surface area contributed by atoms with Gasteiger partial charge in [-0.2, -0.15) is 0 Å². The van der Waals surface area contributed by atoms with Gasteiger partial charge in [0.1, 0.15) is 0 Å². The molecule has 0 fully saturated rings. The summed E-state index contributed by atoms with van der Waals surface area (Å²) in [5.41, 5.74) is 2.98. The number of benzene rings is 1. The third-order valence-electron chi connectivity index (χ3n) is 2.05. The molecule has 0 saturated heterocycles. The molecule has 0 aliphatic heterocycles. The molecule has 1 aromatic heterocycles. The van der Waals surface area contributed by atoms with E-state index < -0.39 is 0 Å². The van der Waals surface area contributed by atoms with Gasteiger partial charge in [-0.25, -0.2) is 0 Å². The molecule has 1 heterocycles. The first-order valence-electron chi connectivity index (χ1n) is 4.86. The highest BCUT2D eigenvalue weighted by Gasteiger charge is 1.89. The van der Waals surface area contributed by atoms with Gasteiger partial charge in [0.15, 0.2) is 0 Å².